The summed E-state index contributed by atoms with van der Waals surface area (Å²) in [6.07, 6.45) is 7.10. The number of pyridine rings is 1. The van der Waals surface area contributed by atoms with Crippen LogP contribution < -0.4 is 16.0 Å². The summed E-state index contributed by atoms with van der Waals surface area (Å²) in [6, 6.07) is 10.1. The molecule has 2 aromatic heterocycles. The van der Waals surface area contributed by atoms with Gasteiger partial charge in [-0.25, -0.2) is 4.98 Å². The second-order valence-electron chi connectivity index (χ2n) is 8.28. The molecule has 1 aromatic carbocycles. The molecule has 0 saturated carbocycles. The molecule has 5 rings (SSSR count). The molecule has 0 unspecified atom stereocenters. The van der Waals surface area contributed by atoms with Gasteiger partial charge in [-0.1, -0.05) is 6.07 Å². The first-order valence-electron chi connectivity index (χ1n) is 10.3. The van der Waals surface area contributed by atoms with E-state index in [4.69, 9.17) is 10.2 Å². The maximum absolute atomic E-state index is 13.0. The first kappa shape index (κ1) is 18.7. The van der Waals surface area contributed by atoms with Crippen molar-refractivity contribution in [2.24, 2.45) is 5.73 Å². The molecule has 3 aromatic rings. The Morgan fingerprint density at radius 3 is 2.57 bits per heavy atom. The number of nitrogens with zero attached hydrogens (tertiary/aromatic N) is 2. The number of primary amides is 1. The van der Waals surface area contributed by atoms with Gasteiger partial charge in [0.25, 0.3) is 5.91 Å². The minimum Gasteiger partial charge on any atom is -0.464 e. The molecule has 4 heterocycles. The minimum absolute atomic E-state index is 0.0485. The fraction of sp³-hybridized carbons (Fsp3) is 0.348. The fourth-order valence-corrected chi connectivity index (χ4v) is 5.04. The van der Waals surface area contributed by atoms with Gasteiger partial charge in [-0.3, -0.25) is 9.59 Å². The third-order valence-electron chi connectivity index (χ3n) is 6.48. The van der Waals surface area contributed by atoms with Crippen LogP contribution in [0.2, 0.25) is 0 Å². The van der Waals surface area contributed by atoms with Crippen molar-refractivity contribution in [3.63, 3.8) is 0 Å². The van der Waals surface area contributed by atoms with Crippen molar-refractivity contribution in [1.82, 2.24) is 10.3 Å². The SMILES string of the molecule is Cc1c(C(=O)N[C@H]2C[C@H]3CC[C@@H](C2)N3c2ccc(C(N)=O)cn2)ccc2ccoc12. The van der Waals surface area contributed by atoms with E-state index in [1.54, 1.807) is 18.5 Å². The van der Waals surface area contributed by atoms with Crippen molar-refractivity contribution < 1.29 is 14.0 Å². The molecule has 0 radical (unpaired) electrons. The second kappa shape index (κ2) is 7.16. The van der Waals surface area contributed by atoms with E-state index in [2.05, 4.69) is 15.2 Å². The molecule has 2 aliphatic heterocycles. The van der Waals surface area contributed by atoms with Gasteiger partial charge in [-0.2, -0.15) is 0 Å². The summed E-state index contributed by atoms with van der Waals surface area (Å²) >= 11 is 0. The number of piperidine rings is 1. The standard InChI is InChI=1S/C23H24N4O3/c1-13-19(6-2-14-8-9-30-21(13)14)23(29)26-16-10-17-4-5-18(11-16)27(17)20-7-3-15(12-25-20)22(24)28/h2-3,6-9,12,16-18H,4-5,10-11H2,1H3,(H2,24,28)(H,26,29)/t16-,17+,18-. The Morgan fingerprint density at radius 1 is 1.13 bits per heavy atom. The van der Waals surface area contributed by atoms with Crippen molar-refractivity contribution >= 4 is 28.6 Å². The molecule has 3 N–H and O–H groups in total. The number of furan rings is 1. The molecule has 2 amide bonds. The molecule has 154 valence electrons. The van der Waals surface area contributed by atoms with E-state index in [0.717, 1.165) is 48.0 Å². The van der Waals surface area contributed by atoms with Crippen molar-refractivity contribution in [1.29, 1.82) is 0 Å². The number of nitrogens with one attached hydrogen (secondary N) is 1. The smallest absolute Gasteiger partial charge is 0.251 e. The second-order valence-corrected chi connectivity index (χ2v) is 8.28. The first-order valence-corrected chi connectivity index (χ1v) is 10.3. The van der Waals surface area contributed by atoms with Crippen LogP contribution in [0.25, 0.3) is 11.0 Å². The van der Waals surface area contributed by atoms with Crippen molar-refractivity contribution in [2.45, 2.75) is 50.7 Å². The number of fused-ring (bicyclic) bond motifs is 3. The predicted molar refractivity (Wildman–Crippen MR) is 113 cm³/mol. The van der Waals surface area contributed by atoms with E-state index in [1.165, 1.54) is 0 Å². The monoisotopic (exact) mass is 404 g/mol. The number of amides is 2. The van der Waals surface area contributed by atoms with Gasteiger partial charge < -0.3 is 20.4 Å². The van der Waals surface area contributed by atoms with Crippen LogP contribution in [0, 0.1) is 6.92 Å². The largest absolute Gasteiger partial charge is 0.464 e. The molecular formula is C23H24N4O3. The van der Waals surface area contributed by atoms with Crippen LogP contribution in [-0.4, -0.2) is 34.9 Å². The Hall–Kier alpha value is -3.35. The zero-order chi connectivity index (χ0) is 20.8. The molecule has 2 aliphatic rings. The van der Waals surface area contributed by atoms with E-state index in [0.29, 0.717) is 23.2 Å². The van der Waals surface area contributed by atoms with Gasteiger partial charge in [0, 0.05) is 40.8 Å². The van der Waals surface area contributed by atoms with E-state index < -0.39 is 5.91 Å². The molecule has 2 bridgehead atoms. The highest BCUT2D eigenvalue weighted by Crippen LogP contribution is 2.38. The van der Waals surface area contributed by atoms with E-state index in [9.17, 15) is 9.59 Å². The van der Waals surface area contributed by atoms with Gasteiger partial charge in [-0.15, -0.1) is 0 Å². The summed E-state index contributed by atoms with van der Waals surface area (Å²) in [7, 11) is 0. The number of aromatic nitrogens is 1. The molecule has 7 nitrogen and oxygen atoms in total. The van der Waals surface area contributed by atoms with Crippen molar-refractivity contribution in [3.05, 3.63) is 59.5 Å². The van der Waals surface area contributed by atoms with Gasteiger partial charge in [0.1, 0.15) is 11.4 Å². The van der Waals surface area contributed by atoms with Gasteiger partial charge in [0.2, 0.25) is 5.91 Å². The highest BCUT2D eigenvalue weighted by molar-refractivity contribution is 6.00. The topological polar surface area (TPSA) is 101 Å². The Balaban J connectivity index is 1.30. The lowest BCUT2D eigenvalue weighted by atomic mass is 9.96. The number of rotatable bonds is 4. The van der Waals surface area contributed by atoms with Crippen LogP contribution in [0.1, 0.15) is 52.0 Å². The quantitative estimate of drug-likeness (QED) is 0.695. The Labute approximate surface area is 174 Å². The molecule has 7 heteroatoms. The first-order chi connectivity index (χ1) is 14.5. The molecule has 0 aliphatic carbocycles. The summed E-state index contributed by atoms with van der Waals surface area (Å²) in [6.45, 7) is 1.93. The van der Waals surface area contributed by atoms with Gasteiger partial charge >= 0.3 is 0 Å². The number of carbonyl (C=O) groups is 2. The maximum atomic E-state index is 13.0. The lowest BCUT2D eigenvalue weighted by molar-refractivity contribution is 0.0925. The molecule has 3 atom stereocenters. The number of carbonyl (C=O) groups excluding carboxylic acids is 2. The Bertz CT molecular complexity index is 1110. The average Bonchev–Trinajstić information content (AvgIpc) is 3.31. The number of hydrogen-bond donors (Lipinski definition) is 2. The zero-order valence-corrected chi connectivity index (χ0v) is 16.8. The number of aryl methyl sites for hydroxylation is 1. The minimum atomic E-state index is -0.471. The van der Waals surface area contributed by atoms with Crippen molar-refractivity contribution in [3.8, 4) is 0 Å². The van der Waals surface area contributed by atoms with Crippen LogP contribution in [0.4, 0.5) is 5.82 Å². The highest BCUT2D eigenvalue weighted by Gasteiger charge is 2.41. The van der Waals surface area contributed by atoms with Crippen LogP contribution in [0.15, 0.2) is 47.2 Å². The van der Waals surface area contributed by atoms with Gasteiger partial charge in [0.05, 0.1) is 11.8 Å². The predicted octanol–water partition coefficient (Wildman–Crippen LogP) is 3.16. The summed E-state index contributed by atoms with van der Waals surface area (Å²) in [5.74, 6) is 0.352. The van der Waals surface area contributed by atoms with Crippen molar-refractivity contribution in [2.75, 3.05) is 4.90 Å². The van der Waals surface area contributed by atoms with E-state index in [-0.39, 0.29) is 11.9 Å². The number of nitrogens with two attached hydrogens (primary N) is 1. The zero-order valence-electron chi connectivity index (χ0n) is 16.8. The van der Waals surface area contributed by atoms with Gasteiger partial charge in [-0.05, 0) is 56.9 Å². The average molecular weight is 404 g/mol. The van der Waals surface area contributed by atoms with E-state index >= 15 is 0 Å². The maximum Gasteiger partial charge on any atom is 0.251 e. The molecule has 30 heavy (non-hydrogen) atoms. The van der Waals surface area contributed by atoms with Crippen LogP contribution in [-0.2, 0) is 0 Å². The molecular weight excluding hydrogens is 380 g/mol. The molecule has 0 spiro atoms. The number of hydrogen-bond acceptors (Lipinski definition) is 5. The summed E-state index contributed by atoms with van der Waals surface area (Å²) < 4.78 is 5.54. The number of benzene rings is 1. The summed E-state index contributed by atoms with van der Waals surface area (Å²) in [5, 5.41) is 4.25. The fourth-order valence-electron chi connectivity index (χ4n) is 5.04. The van der Waals surface area contributed by atoms with Crippen LogP contribution in [0.5, 0.6) is 0 Å². The summed E-state index contributed by atoms with van der Waals surface area (Å²) in [5.41, 5.74) is 8.03. The number of anilines is 1. The Morgan fingerprint density at radius 2 is 1.90 bits per heavy atom. The van der Waals surface area contributed by atoms with Crippen LogP contribution in [0.3, 0.4) is 0 Å². The lowest BCUT2D eigenvalue weighted by Gasteiger charge is -2.40. The molecule has 2 fully saturated rings. The molecule has 2 saturated heterocycles. The highest BCUT2D eigenvalue weighted by atomic mass is 16.3. The van der Waals surface area contributed by atoms with E-state index in [1.807, 2.05) is 31.2 Å². The third kappa shape index (κ3) is 3.10. The summed E-state index contributed by atoms with van der Waals surface area (Å²) in [4.78, 5) is 31.1. The third-order valence-corrected chi connectivity index (χ3v) is 6.48. The van der Waals surface area contributed by atoms with Crippen LogP contribution >= 0.6 is 0 Å². The lowest BCUT2D eigenvalue weighted by Crippen LogP contribution is -2.50. The Kier molecular flexibility index (Phi) is 4.46. The van der Waals surface area contributed by atoms with Gasteiger partial charge in [0.15, 0.2) is 0 Å². The normalized spacial score (nSPS) is 23.0.